The molecule has 0 aliphatic carbocycles. The first-order valence-electron chi connectivity index (χ1n) is 5.41. The highest BCUT2D eigenvalue weighted by molar-refractivity contribution is 5.75. The zero-order valence-corrected chi connectivity index (χ0v) is 9.95. The van der Waals surface area contributed by atoms with Gasteiger partial charge in [0.1, 0.15) is 0 Å². The number of nitrogens with zero attached hydrogens (tertiary/aromatic N) is 1. The normalized spacial score (nSPS) is 10.7. The number of carbonyl (C=O) groups is 1. The third-order valence-electron chi connectivity index (χ3n) is 2.37. The van der Waals surface area contributed by atoms with Crippen molar-refractivity contribution in [2.24, 2.45) is 5.73 Å². The monoisotopic (exact) mass is 259 g/mol. The first-order chi connectivity index (χ1) is 8.51. The van der Waals surface area contributed by atoms with Crippen LogP contribution in [0.15, 0.2) is 6.20 Å². The Hall–Kier alpha value is -1.76. The summed E-state index contributed by atoms with van der Waals surface area (Å²) in [5.41, 5.74) is 10.6. The summed E-state index contributed by atoms with van der Waals surface area (Å²) in [5, 5.41) is 0. The Morgan fingerprint density at radius 3 is 2.72 bits per heavy atom. The van der Waals surface area contributed by atoms with E-state index in [4.69, 9.17) is 16.2 Å². The average Bonchev–Trinajstić information content (AvgIpc) is 2.31. The van der Waals surface area contributed by atoms with Gasteiger partial charge < -0.3 is 16.2 Å². The second-order valence-corrected chi connectivity index (χ2v) is 3.54. The lowest BCUT2D eigenvalue weighted by Gasteiger charge is -2.13. The first-order valence-corrected chi connectivity index (χ1v) is 5.41. The lowest BCUT2D eigenvalue weighted by molar-refractivity contribution is -0.142. The summed E-state index contributed by atoms with van der Waals surface area (Å²) < 4.78 is 30.4. The molecule has 0 atom stereocenters. The number of carbonyl (C=O) groups excluding carboxylic acids is 1. The number of aromatic nitrogens is 1. The molecule has 1 aromatic heterocycles. The minimum atomic E-state index is -2.78. The number of hydrogen-bond donors (Lipinski definition) is 2. The highest BCUT2D eigenvalue weighted by atomic mass is 19.3. The molecule has 0 fully saturated rings. The second kappa shape index (κ2) is 6.25. The summed E-state index contributed by atoms with van der Waals surface area (Å²) in [5.74, 6) is -0.535. The number of halogens is 2. The van der Waals surface area contributed by atoms with Gasteiger partial charge >= 0.3 is 5.97 Å². The van der Waals surface area contributed by atoms with Crippen LogP contribution < -0.4 is 11.5 Å². The number of pyridine rings is 1. The van der Waals surface area contributed by atoms with Crippen molar-refractivity contribution in [3.63, 3.8) is 0 Å². The van der Waals surface area contributed by atoms with E-state index in [0.29, 0.717) is 0 Å². The molecule has 0 unspecified atom stereocenters. The maximum Gasteiger partial charge on any atom is 0.310 e. The summed E-state index contributed by atoms with van der Waals surface area (Å²) in [6, 6.07) is 0. The zero-order valence-electron chi connectivity index (χ0n) is 9.95. The van der Waals surface area contributed by atoms with Crippen molar-refractivity contribution in [1.82, 2.24) is 4.98 Å². The number of nitrogens with two attached hydrogens (primary N) is 2. The van der Waals surface area contributed by atoms with E-state index in [1.165, 1.54) is 6.20 Å². The summed E-state index contributed by atoms with van der Waals surface area (Å²) >= 11 is 0. The van der Waals surface area contributed by atoms with Crippen LogP contribution >= 0.6 is 0 Å². The predicted octanol–water partition coefficient (Wildman–Crippen LogP) is 1.17. The molecule has 0 aliphatic heterocycles. The highest BCUT2D eigenvalue weighted by Crippen LogP contribution is 2.30. The van der Waals surface area contributed by atoms with Gasteiger partial charge in [-0.2, -0.15) is 0 Å². The molecule has 1 rings (SSSR count). The van der Waals surface area contributed by atoms with E-state index >= 15 is 0 Å². The number of hydrogen-bond acceptors (Lipinski definition) is 5. The smallest absolute Gasteiger partial charge is 0.310 e. The topological polar surface area (TPSA) is 91.2 Å². The number of anilines is 1. The molecule has 0 radical (unpaired) electrons. The lowest BCUT2D eigenvalue weighted by atomic mass is 10.1. The van der Waals surface area contributed by atoms with Crippen LogP contribution in [0.25, 0.3) is 0 Å². The molecule has 18 heavy (non-hydrogen) atoms. The predicted molar refractivity (Wildman–Crippen MR) is 61.8 cm³/mol. The fraction of sp³-hybridized carbons (Fsp3) is 0.455. The van der Waals surface area contributed by atoms with Crippen LogP contribution in [-0.4, -0.2) is 17.6 Å². The molecule has 0 spiro atoms. The van der Waals surface area contributed by atoms with Crippen LogP contribution in [0, 0.1) is 0 Å². The molecule has 0 aliphatic rings. The van der Waals surface area contributed by atoms with Crippen molar-refractivity contribution in [3.05, 3.63) is 23.0 Å². The Morgan fingerprint density at radius 1 is 1.56 bits per heavy atom. The van der Waals surface area contributed by atoms with Crippen molar-refractivity contribution in [2.45, 2.75) is 26.3 Å². The molecule has 0 bridgehead atoms. The molecule has 4 N–H and O–H groups in total. The van der Waals surface area contributed by atoms with Gasteiger partial charge in [0.15, 0.2) is 0 Å². The van der Waals surface area contributed by atoms with E-state index in [0.717, 1.165) is 0 Å². The molecule has 0 saturated heterocycles. The van der Waals surface area contributed by atoms with Gasteiger partial charge in [-0.1, -0.05) is 0 Å². The second-order valence-electron chi connectivity index (χ2n) is 3.54. The van der Waals surface area contributed by atoms with Crippen LogP contribution in [0.3, 0.4) is 0 Å². The third kappa shape index (κ3) is 3.13. The molecule has 100 valence electrons. The fourth-order valence-corrected chi connectivity index (χ4v) is 1.54. The van der Waals surface area contributed by atoms with Gasteiger partial charge in [-0.05, 0) is 6.92 Å². The summed E-state index contributed by atoms with van der Waals surface area (Å²) in [4.78, 5) is 15.1. The molecule has 1 aromatic rings. The average molecular weight is 259 g/mol. The van der Waals surface area contributed by atoms with Crippen molar-refractivity contribution in [2.75, 3.05) is 12.3 Å². The van der Waals surface area contributed by atoms with E-state index in [1.54, 1.807) is 6.92 Å². The Morgan fingerprint density at radius 2 is 2.22 bits per heavy atom. The Bertz CT molecular complexity index is 439. The molecule has 1 heterocycles. The first kappa shape index (κ1) is 14.3. The standard InChI is InChI=1S/C11H15F2N3O2/c1-2-18-8(17)3-6-5-16-7(4-14)9(10(6)15)11(12)13/h5,11H,2-4,14H2,1H3,(H2,15,16). The van der Waals surface area contributed by atoms with E-state index in [1.807, 2.05) is 0 Å². The van der Waals surface area contributed by atoms with Gasteiger partial charge in [0.05, 0.1) is 24.3 Å². The van der Waals surface area contributed by atoms with Crippen LogP contribution in [0.2, 0.25) is 0 Å². The van der Waals surface area contributed by atoms with Crippen LogP contribution in [0.4, 0.5) is 14.5 Å². The third-order valence-corrected chi connectivity index (χ3v) is 2.37. The number of ether oxygens (including phenoxy) is 1. The van der Waals surface area contributed by atoms with Crippen LogP contribution in [-0.2, 0) is 22.5 Å². The van der Waals surface area contributed by atoms with Gasteiger partial charge in [-0.3, -0.25) is 9.78 Å². The van der Waals surface area contributed by atoms with E-state index < -0.39 is 18.0 Å². The summed E-state index contributed by atoms with van der Waals surface area (Å²) in [7, 11) is 0. The highest BCUT2D eigenvalue weighted by Gasteiger charge is 2.21. The van der Waals surface area contributed by atoms with E-state index in [-0.39, 0.29) is 36.5 Å². The largest absolute Gasteiger partial charge is 0.466 e. The van der Waals surface area contributed by atoms with E-state index in [9.17, 15) is 13.6 Å². The molecule has 0 saturated carbocycles. The van der Waals surface area contributed by atoms with Crippen LogP contribution in [0.5, 0.6) is 0 Å². The van der Waals surface area contributed by atoms with Crippen molar-refractivity contribution in [3.8, 4) is 0 Å². The number of alkyl halides is 2. The minimum Gasteiger partial charge on any atom is -0.466 e. The lowest BCUT2D eigenvalue weighted by Crippen LogP contribution is -2.14. The van der Waals surface area contributed by atoms with Crippen molar-refractivity contribution in [1.29, 1.82) is 0 Å². The number of esters is 1. The maximum atomic E-state index is 12.8. The molecule has 0 amide bonds. The zero-order chi connectivity index (χ0) is 13.7. The summed E-state index contributed by atoms with van der Waals surface area (Å²) in [6.07, 6.45) is -1.68. The van der Waals surface area contributed by atoms with Gasteiger partial charge in [0.2, 0.25) is 0 Å². The summed E-state index contributed by atoms with van der Waals surface area (Å²) in [6.45, 7) is 1.74. The molecule has 5 nitrogen and oxygen atoms in total. The van der Waals surface area contributed by atoms with Crippen LogP contribution in [0.1, 0.15) is 30.2 Å². The quantitative estimate of drug-likeness (QED) is 0.774. The van der Waals surface area contributed by atoms with E-state index in [2.05, 4.69) is 4.98 Å². The van der Waals surface area contributed by atoms with Gasteiger partial charge in [-0.15, -0.1) is 0 Å². The molecular formula is C11H15F2N3O2. The molecule has 0 aromatic carbocycles. The SMILES string of the molecule is CCOC(=O)Cc1cnc(CN)c(C(F)F)c1N. The minimum absolute atomic E-state index is 0.0371. The fourth-order valence-electron chi connectivity index (χ4n) is 1.54. The Kier molecular flexibility index (Phi) is 4.96. The van der Waals surface area contributed by atoms with Gasteiger partial charge in [-0.25, -0.2) is 8.78 Å². The van der Waals surface area contributed by atoms with Gasteiger partial charge in [0, 0.05) is 24.0 Å². The molecule has 7 heteroatoms. The Balaban J connectivity index is 3.08. The van der Waals surface area contributed by atoms with Crippen molar-refractivity contribution < 1.29 is 18.3 Å². The number of rotatable bonds is 5. The number of nitrogen functional groups attached to an aromatic ring is 1. The maximum absolute atomic E-state index is 12.8. The molecular weight excluding hydrogens is 244 g/mol. The van der Waals surface area contributed by atoms with Gasteiger partial charge in [0.25, 0.3) is 6.43 Å². The Labute approximate surface area is 103 Å². The van der Waals surface area contributed by atoms with Crippen molar-refractivity contribution >= 4 is 11.7 Å².